The normalized spacial score (nSPS) is 27.5. The summed E-state index contributed by atoms with van der Waals surface area (Å²) in [6.45, 7) is 12.5. The highest BCUT2D eigenvalue weighted by Crippen LogP contribution is 2.72. The Balaban J connectivity index is 1.58. The van der Waals surface area contributed by atoms with Gasteiger partial charge in [0, 0.05) is 30.1 Å². The summed E-state index contributed by atoms with van der Waals surface area (Å²) >= 11 is 1.64. The summed E-state index contributed by atoms with van der Waals surface area (Å²) < 4.78 is 4.01. The molecule has 6 atom stereocenters. The molecule has 3 fully saturated rings. The molecule has 0 aromatic heterocycles. The summed E-state index contributed by atoms with van der Waals surface area (Å²) in [6.07, 6.45) is 5.22. The summed E-state index contributed by atoms with van der Waals surface area (Å²) in [4.78, 5) is 49.1. The van der Waals surface area contributed by atoms with E-state index in [1.807, 2.05) is 49.4 Å². The molecule has 1 spiro atoms. The van der Waals surface area contributed by atoms with Crippen molar-refractivity contribution in [2.24, 2.45) is 11.8 Å². The SMILES string of the molecule is C=CCN(Cc1ccccc1)C(=O)[C@@H]1[C@H]2C(=O)N([C@@H](CC)CO)C(C(=O)N(CC=C)c3ccc(OC)cc3)C23CC[C@@]1(C)S3. The highest BCUT2D eigenvalue weighted by atomic mass is 32.2. The highest BCUT2D eigenvalue weighted by molar-refractivity contribution is 8.02. The first-order valence-corrected chi connectivity index (χ1v) is 16.1. The molecule has 5 rings (SSSR count). The first kappa shape index (κ1) is 31.9. The van der Waals surface area contributed by atoms with E-state index in [0.29, 0.717) is 43.8 Å². The third kappa shape index (κ3) is 5.24. The third-order valence-corrected chi connectivity index (χ3v) is 11.6. The third-order valence-electron chi connectivity index (χ3n) is 9.63. The Hall–Kier alpha value is -3.56. The number of anilines is 1. The van der Waals surface area contributed by atoms with Crippen molar-refractivity contribution in [2.45, 2.75) is 61.2 Å². The number of aliphatic hydroxyl groups is 1. The van der Waals surface area contributed by atoms with E-state index in [1.54, 1.807) is 57.9 Å². The Kier molecular flexibility index (Phi) is 9.28. The second-order valence-electron chi connectivity index (χ2n) is 12.1. The summed E-state index contributed by atoms with van der Waals surface area (Å²) in [5.41, 5.74) is 1.66. The quantitative estimate of drug-likeness (QED) is 0.329. The molecular weight excluding hydrogens is 574 g/mol. The molecule has 8 nitrogen and oxygen atoms in total. The van der Waals surface area contributed by atoms with Crippen molar-refractivity contribution in [1.82, 2.24) is 9.80 Å². The molecule has 234 valence electrons. The van der Waals surface area contributed by atoms with Crippen molar-refractivity contribution in [3.05, 3.63) is 85.5 Å². The predicted octanol–water partition coefficient (Wildman–Crippen LogP) is 4.68. The molecule has 0 aliphatic carbocycles. The molecule has 2 bridgehead atoms. The van der Waals surface area contributed by atoms with Gasteiger partial charge in [0.1, 0.15) is 11.8 Å². The minimum Gasteiger partial charge on any atom is -0.497 e. The fourth-order valence-electron chi connectivity index (χ4n) is 7.58. The van der Waals surface area contributed by atoms with Crippen LogP contribution in [0.3, 0.4) is 0 Å². The van der Waals surface area contributed by atoms with Gasteiger partial charge in [-0.15, -0.1) is 24.9 Å². The molecule has 3 saturated heterocycles. The standard InChI is InChI=1S/C35H43N3O5S/c1-6-20-36(22-24-12-10-9-11-13-24)31(40)28-29-32(41)38(25(8-3)23-39)30(35(29)19-18-34(28,4)44-35)33(42)37(21-7-2)26-14-16-27(43-5)17-15-26/h6-7,9-17,25,28-30,39H,1-2,8,18-23H2,3-5H3/t25-,28-,29-,30?,34+,35?/m0/s1. The van der Waals surface area contributed by atoms with Crippen molar-refractivity contribution in [2.75, 3.05) is 31.7 Å². The van der Waals surface area contributed by atoms with Gasteiger partial charge in [0.2, 0.25) is 11.8 Å². The molecule has 2 unspecified atom stereocenters. The lowest BCUT2D eigenvalue weighted by Gasteiger charge is -2.39. The van der Waals surface area contributed by atoms with Crippen LogP contribution in [-0.4, -0.2) is 81.0 Å². The Bertz CT molecular complexity index is 1400. The van der Waals surface area contributed by atoms with Crippen LogP contribution in [-0.2, 0) is 20.9 Å². The van der Waals surface area contributed by atoms with Crippen molar-refractivity contribution in [1.29, 1.82) is 0 Å². The van der Waals surface area contributed by atoms with Crippen LogP contribution in [0.15, 0.2) is 79.9 Å². The number of benzene rings is 2. The number of ether oxygens (including phenoxy) is 1. The number of rotatable bonds is 13. The zero-order valence-corrected chi connectivity index (χ0v) is 26.7. The zero-order valence-electron chi connectivity index (χ0n) is 25.9. The molecule has 3 aliphatic rings. The van der Waals surface area contributed by atoms with Crippen LogP contribution in [0.2, 0.25) is 0 Å². The number of fused-ring (bicyclic) bond motifs is 1. The molecule has 44 heavy (non-hydrogen) atoms. The Morgan fingerprint density at radius 2 is 1.77 bits per heavy atom. The number of hydrogen-bond donors (Lipinski definition) is 1. The largest absolute Gasteiger partial charge is 0.497 e. The first-order chi connectivity index (χ1) is 21.2. The second-order valence-corrected chi connectivity index (χ2v) is 14.0. The van der Waals surface area contributed by atoms with E-state index < -0.39 is 33.4 Å². The average Bonchev–Trinajstić information content (AvgIpc) is 3.61. The van der Waals surface area contributed by atoms with E-state index in [2.05, 4.69) is 20.1 Å². The number of nitrogens with zero attached hydrogens (tertiary/aromatic N) is 3. The minimum atomic E-state index is -0.842. The van der Waals surface area contributed by atoms with Crippen molar-refractivity contribution in [3.8, 4) is 5.75 Å². The average molecular weight is 618 g/mol. The predicted molar refractivity (Wildman–Crippen MR) is 174 cm³/mol. The van der Waals surface area contributed by atoms with E-state index in [1.165, 1.54) is 0 Å². The monoisotopic (exact) mass is 617 g/mol. The number of methoxy groups -OCH3 is 1. The maximum Gasteiger partial charge on any atom is 0.251 e. The lowest BCUT2D eigenvalue weighted by atomic mass is 9.66. The Morgan fingerprint density at radius 3 is 2.36 bits per heavy atom. The van der Waals surface area contributed by atoms with Crippen molar-refractivity contribution >= 4 is 35.2 Å². The topological polar surface area (TPSA) is 90.4 Å². The molecule has 3 aliphatic heterocycles. The van der Waals surface area contributed by atoms with Gasteiger partial charge in [0.05, 0.1) is 36.3 Å². The van der Waals surface area contributed by atoms with E-state index in [-0.39, 0.29) is 30.9 Å². The second kappa shape index (κ2) is 12.8. The van der Waals surface area contributed by atoms with Crippen LogP contribution in [0, 0.1) is 11.8 Å². The van der Waals surface area contributed by atoms with E-state index in [0.717, 1.165) is 5.56 Å². The van der Waals surface area contributed by atoms with Gasteiger partial charge in [0.25, 0.3) is 5.91 Å². The number of likely N-dealkylation sites (tertiary alicyclic amines) is 1. The van der Waals surface area contributed by atoms with Crippen LogP contribution in [0.25, 0.3) is 0 Å². The van der Waals surface area contributed by atoms with Gasteiger partial charge in [-0.2, -0.15) is 0 Å². The number of amides is 3. The van der Waals surface area contributed by atoms with E-state index in [4.69, 9.17) is 4.74 Å². The molecule has 9 heteroatoms. The molecule has 1 N–H and O–H groups in total. The van der Waals surface area contributed by atoms with E-state index in [9.17, 15) is 19.5 Å². The molecule has 2 aromatic carbocycles. The van der Waals surface area contributed by atoms with Crippen LogP contribution in [0.1, 0.15) is 38.7 Å². The van der Waals surface area contributed by atoms with Crippen molar-refractivity contribution < 1.29 is 24.2 Å². The summed E-state index contributed by atoms with van der Waals surface area (Å²) in [5.74, 6) is -1.16. The smallest absolute Gasteiger partial charge is 0.251 e. The van der Waals surface area contributed by atoms with Gasteiger partial charge in [-0.25, -0.2) is 0 Å². The Morgan fingerprint density at radius 1 is 1.09 bits per heavy atom. The van der Waals surface area contributed by atoms with Gasteiger partial charge in [-0.3, -0.25) is 14.4 Å². The molecule has 3 heterocycles. The number of carbonyl (C=O) groups excluding carboxylic acids is 3. The van der Waals surface area contributed by atoms with Gasteiger partial charge in [0.15, 0.2) is 0 Å². The lowest BCUT2D eigenvalue weighted by molar-refractivity contribution is -0.146. The maximum absolute atomic E-state index is 14.8. The van der Waals surface area contributed by atoms with Crippen LogP contribution in [0.4, 0.5) is 5.69 Å². The van der Waals surface area contributed by atoms with Gasteiger partial charge in [-0.05, 0) is 56.0 Å². The summed E-state index contributed by atoms with van der Waals surface area (Å²) in [6, 6.07) is 15.7. The van der Waals surface area contributed by atoms with Gasteiger partial charge >= 0.3 is 0 Å². The minimum absolute atomic E-state index is 0.0909. The van der Waals surface area contributed by atoms with Gasteiger partial charge < -0.3 is 24.5 Å². The zero-order chi connectivity index (χ0) is 31.6. The number of hydrogen-bond acceptors (Lipinski definition) is 6. The molecule has 2 aromatic rings. The highest BCUT2D eigenvalue weighted by Gasteiger charge is 2.78. The first-order valence-electron chi connectivity index (χ1n) is 15.3. The molecular formula is C35H43N3O5S. The summed E-state index contributed by atoms with van der Waals surface area (Å²) in [7, 11) is 1.59. The van der Waals surface area contributed by atoms with Crippen LogP contribution < -0.4 is 9.64 Å². The van der Waals surface area contributed by atoms with Gasteiger partial charge in [-0.1, -0.05) is 49.4 Å². The fraction of sp³-hybridized carbons (Fsp3) is 0.457. The lowest BCUT2D eigenvalue weighted by Crippen LogP contribution is -2.57. The van der Waals surface area contributed by atoms with Crippen molar-refractivity contribution in [3.63, 3.8) is 0 Å². The number of carbonyl (C=O) groups is 3. The molecule has 0 radical (unpaired) electrons. The number of thioether (sulfide) groups is 1. The van der Waals surface area contributed by atoms with Crippen LogP contribution >= 0.6 is 11.8 Å². The van der Waals surface area contributed by atoms with Crippen LogP contribution in [0.5, 0.6) is 5.75 Å². The number of aliphatic hydroxyl groups excluding tert-OH is 1. The summed E-state index contributed by atoms with van der Waals surface area (Å²) in [5, 5.41) is 10.5. The van der Waals surface area contributed by atoms with E-state index >= 15 is 0 Å². The molecule has 0 saturated carbocycles. The maximum atomic E-state index is 14.8. The fourth-order valence-corrected chi connectivity index (χ4v) is 9.91. The molecule has 3 amide bonds. The Labute approximate surface area is 264 Å².